The number of esters is 1. The average Bonchev–Trinajstić information content (AvgIpc) is 2.76. The van der Waals surface area contributed by atoms with Gasteiger partial charge in [0.1, 0.15) is 8.07 Å². The molecule has 0 N–H and O–H groups in total. The van der Waals surface area contributed by atoms with E-state index in [1.165, 1.54) is 7.11 Å². The molecule has 0 amide bonds. The normalized spacial score (nSPS) is 11.4. The van der Waals surface area contributed by atoms with Gasteiger partial charge in [0.05, 0.1) is 24.4 Å². The lowest BCUT2D eigenvalue weighted by molar-refractivity contribution is 0.0600. The van der Waals surface area contributed by atoms with Crippen molar-refractivity contribution >= 4 is 19.7 Å². The Bertz CT molecular complexity index is 1110. The van der Waals surface area contributed by atoms with Crippen LogP contribution in [0, 0.1) is 35.1 Å². The monoisotopic (exact) mass is 458 g/mol. The number of hydrogen-bond acceptors (Lipinski definition) is 4. The summed E-state index contributed by atoms with van der Waals surface area (Å²) in [5, 5.41) is 8.93. The first-order chi connectivity index (χ1) is 15.5. The molecule has 0 atom stereocenters. The quantitative estimate of drug-likeness (QED) is 0.212. The van der Waals surface area contributed by atoms with E-state index in [2.05, 4.69) is 80.9 Å². The Kier molecular flexibility index (Phi) is 9.20. The molecule has 33 heavy (non-hydrogen) atoms. The molecule has 0 saturated heterocycles. The van der Waals surface area contributed by atoms with E-state index in [4.69, 9.17) is 4.74 Å². The second kappa shape index (κ2) is 11.6. The number of carbonyl (C=O) groups excluding carboxylic acids is 1. The molecule has 0 aliphatic heterocycles. The summed E-state index contributed by atoms with van der Waals surface area (Å²) in [7, 11) is -0.143. The molecule has 0 aliphatic carbocycles. The molecule has 0 aromatic heterocycles. The molecule has 2 aromatic carbocycles. The first-order valence-electron chi connectivity index (χ1n) is 11.3. The fraction of sp³-hybridized carbons (Fsp3) is 0.393. The summed E-state index contributed by atoms with van der Waals surface area (Å²) in [6, 6.07) is 13.3. The third-order valence-electron chi connectivity index (χ3n) is 4.89. The molecule has 4 nitrogen and oxygen atoms in total. The molecule has 0 radical (unpaired) electrons. The van der Waals surface area contributed by atoms with Crippen molar-refractivity contribution in [2.24, 2.45) is 22.1 Å². The molecule has 0 aliphatic rings. The third kappa shape index (κ3) is 8.37. The first kappa shape index (κ1) is 26.1. The first-order valence-corrected chi connectivity index (χ1v) is 14.8. The lowest BCUT2D eigenvalue weighted by Crippen LogP contribution is -2.19. The number of hydrogen-bond donors (Lipinski definition) is 0. The Labute approximate surface area is 199 Å². The van der Waals surface area contributed by atoms with Gasteiger partial charge in [-0.05, 0) is 54.3 Å². The lowest BCUT2D eigenvalue weighted by atomic mass is 9.94. The number of carbonyl (C=O) groups is 1. The van der Waals surface area contributed by atoms with Gasteiger partial charge < -0.3 is 4.74 Å². The van der Waals surface area contributed by atoms with Crippen molar-refractivity contribution < 1.29 is 9.53 Å². The Balaban J connectivity index is 2.28. The van der Waals surface area contributed by atoms with Crippen molar-refractivity contribution in [3.63, 3.8) is 0 Å². The average molecular weight is 459 g/mol. The van der Waals surface area contributed by atoms with Gasteiger partial charge in [-0.25, -0.2) is 4.79 Å². The maximum absolute atomic E-state index is 12.3. The minimum absolute atomic E-state index is 0.194. The van der Waals surface area contributed by atoms with Gasteiger partial charge in [0, 0.05) is 16.7 Å². The number of ether oxygens (including phenoxy) is 1. The van der Waals surface area contributed by atoms with Crippen molar-refractivity contribution in [1.29, 1.82) is 0 Å². The minimum Gasteiger partial charge on any atom is -0.465 e. The van der Waals surface area contributed by atoms with E-state index >= 15 is 0 Å². The topological polar surface area (TPSA) is 51.0 Å². The zero-order valence-corrected chi connectivity index (χ0v) is 22.0. The maximum atomic E-state index is 12.3. The zero-order valence-electron chi connectivity index (χ0n) is 21.0. The van der Waals surface area contributed by atoms with Crippen LogP contribution in [0.25, 0.3) is 0 Å². The Morgan fingerprint density at radius 1 is 0.879 bits per heavy atom. The molecule has 0 fully saturated rings. The van der Waals surface area contributed by atoms with Crippen LogP contribution in [-0.2, 0) is 4.74 Å². The van der Waals surface area contributed by atoms with Crippen LogP contribution >= 0.6 is 0 Å². The van der Waals surface area contributed by atoms with Gasteiger partial charge in [0.2, 0.25) is 0 Å². The highest BCUT2D eigenvalue weighted by Crippen LogP contribution is 2.20. The smallest absolute Gasteiger partial charge is 0.339 e. The van der Waals surface area contributed by atoms with Gasteiger partial charge in [-0.2, -0.15) is 10.2 Å². The molecule has 0 spiro atoms. The van der Waals surface area contributed by atoms with Gasteiger partial charge in [-0.1, -0.05) is 65.1 Å². The van der Waals surface area contributed by atoms with Gasteiger partial charge in [0.15, 0.2) is 0 Å². The van der Waals surface area contributed by atoms with Crippen LogP contribution in [0.15, 0.2) is 52.7 Å². The molecule has 2 rings (SSSR count). The van der Waals surface area contributed by atoms with E-state index in [0.29, 0.717) is 23.0 Å². The summed E-state index contributed by atoms with van der Waals surface area (Å²) in [6.07, 6.45) is 0. The molecular weight excluding hydrogens is 424 g/mol. The summed E-state index contributed by atoms with van der Waals surface area (Å²) in [5.74, 6) is 9.87. The van der Waals surface area contributed by atoms with Gasteiger partial charge in [-0.15, -0.1) is 5.54 Å². The maximum Gasteiger partial charge on any atom is 0.339 e. The van der Waals surface area contributed by atoms with E-state index in [1.54, 1.807) is 6.07 Å². The van der Waals surface area contributed by atoms with E-state index in [9.17, 15) is 4.79 Å². The van der Waals surface area contributed by atoms with Crippen LogP contribution in [0.2, 0.25) is 19.6 Å². The number of benzene rings is 2. The zero-order chi connectivity index (χ0) is 24.6. The van der Waals surface area contributed by atoms with Gasteiger partial charge >= 0.3 is 5.97 Å². The highest BCUT2D eigenvalue weighted by atomic mass is 28.3. The molecule has 172 valence electrons. The van der Waals surface area contributed by atoms with E-state index < -0.39 is 14.0 Å². The van der Waals surface area contributed by atoms with Crippen LogP contribution in [0.3, 0.4) is 0 Å². The number of rotatable bonds is 5. The van der Waals surface area contributed by atoms with Crippen LogP contribution < -0.4 is 0 Å². The summed E-state index contributed by atoms with van der Waals surface area (Å²) in [4.78, 5) is 12.3. The van der Waals surface area contributed by atoms with E-state index in [1.807, 2.05) is 36.4 Å². The Morgan fingerprint density at radius 3 is 2.03 bits per heavy atom. The van der Waals surface area contributed by atoms with Crippen LogP contribution in [-0.4, -0.2) is 27.2 Å². The highest BCUT2D eigenvalue weighted by Gasteiger charge is 2.16. The van der Waals surface area contributed by atoms with Crippen LogP contribution in [0.4, 0.5) is 5.69 Å². The molecule has 0 saturated carbocycles. The largest absolute Gasteiger partial charge is 0.465 e. The second-order valence-electron chi connectivity index (χ2n) is 9.74. The third-order valence-corrected chi connectivity index (χ3v) is 5.76. The fourth-order valence-electron chi connectivity index (χ4n) is 3.19. The molecule has 5 heteroatoms. The predicted octanol–water partition coefficient (Wildman–Crippen LogP) is 6.87. The fourth-order valence-corrected chi connectivity index (χ4v) is 3.71. The van der Waals surface area contributed by atoms with Crippen molar-refractivity contribution in [2.75, 3.05) is 7.11 Å². The van der Waals surface area contributed by atoms with Crippen molar-refractivity contribution in [2.45, 2.75) is 53.4 Å². The predicted molar refractivity (Wildman–Crippen MR) is 138 cm³/mol. The van der Waals surface area contributed by atoms with E-state index in [0.717, 1.165) is 16.8 Å². The van der Waals surface area contributed by atoms with Gasteiger partial charge in [0.25, 0.3) is 0 Å². The second-order valence-corrected chi connectivity index (χ2v) is 14.5. The van der Waals surface area contributed by atoms with Crippen molar-refractivity contribution in [1.82, 2.24) is 0 Å². The molecule has 0 unspecified atom stereocenters. The van der Waals surface area contributed by atoms with Crippen molar-refractivity contribution in [3.8, 4) is 23.3 Å². The van der Waals surface area contributed by atoms with E-state index in [-0.39, 0.29) is 6.04 Å². The standard InChI is InChI=1S/C28H34N2O2Si/c1-20(2)27(21(3)4)30-29-25-15-11-22(12-16-25)9-13-24-14-10-23(17-18-33(6,7)8)19-26(24)28(31)32-5/h10-12,14-16,19-21,27H,1-8H3. The SMILES string of the molecule is COC(=O)c1cc(C#C[Si](C)(C)C)ccc1C#Cc1ccc(N=NC(C(C)C)C(C)C)cc1. The summed E-state index contributed by atoms with van der Waals surface area (Å²) in [6.45, 7) is 15.2. The van der Waals surface area contributed by atoms with Crippen LogP contribution in [0.5, 0.6) is 0 Å². The molecule has 0 bridgehead atoms. The summed E-state index contributed by atoms with van der Waals surface area (Å²) in [5.41, 5.74) is 6.77. The number of methoxy groups -OCH3 is 1. The highest BCUT2D eigenvalue weighted by molar-refractivity contribution is 6.83. The minimum atomic E-state index is -1.51. The summed E-state index contributed by atoms with van der Waals surface area (Å²) < 4.78 is 4.96. The van der Waals surface area contributed by atoms with Crippen molar-refractivity contribution in [3.05, 3.63) is 64.7 Å². The Morgan fingerprint density at radius 2 is 1.48 bits per heavy atom. The number of nitrogens with zero attached hydrogens (tertiary/aromatic N) is 2. The van der Waals surface area contributed by atoms with Gasteiger partial charge in [-0.3, -0.25) is 0 Å². The molecular formula is C28H34N2O2Si. The summed E-state index contributed by atoms with van der Waals surface area (Å²) >= 11 is 0. The number of azo groups is 1. The molecule has 2 aromatic rings. The Hall–Kier alpha value is -3.15. The molecule has 0 heterocycles. The lowest BCUT2D eigenvalue weighted by Gasteiger charge is -2.18. The van der Waals surface area contributed by atoms with Crippen LogP contribution in [0.1, 0.15) is 54.7 Å².